The minimum Gasteiger partial charge on any atom is -0.462 e. The highest BCUT2D eigenvalue weighted by atomic mass is 16.6. The maximum absolute atomic E-state index is 12.7. The van der Waals surface area contributed by atoms with E-state index in [1.165, 1.54) is 51.4 Å². The van der Waals surface area contributed by atoms with Crippen LogP contribution in [0, 0.1) is 0 Å². The maximum Gasteiger partial charge on any atom is 0.306 e. The van der Waals surface area contributed by atoms with Gasteiger partial charge in [-0.05, 0) is 83.5 Å². The molecule has 0 aromatic carbocycles. The van der Waals surface area contributed by atoms with Gasteiger partial charge in [0, 0.05) is 19.3 Å². The Morgan fingerprint density at radius 3 is 1.12 bits per heavy atom. The normalized spacial score (nSPS) is 12.8. The third kappa shape index (κ3) is 43.6. The van der Waals surface area contributed by atoms with E-state index >= 15 is 0 Å². The van der Waals surface area contributed by atoms with Crippen molar-refractivity contribution >= 4 is 17.9 Å². The van der Waals surface area contributed by atoms with Gasteiger partial charge in [0.2, 0.25) is 0 Å². The molecule has 0 aromatic rings. The van der Waals surface area contributed by atoms with Crippen LogP contribution in [-0.4, -0.2) is 37.2 Å². The molecule has 6 nitrogen and oxygen atoms in total. The molecule has 0 saturated heterocycles. The van der Waals surface area contributed by atoms with Gasteiger partial charge in [0.1, 0.15) is 13.2 Å². The number of allylic oxidation sites excluding steroid dienone is 14. The standard InChI is InChI=1S/C51H84O6/c1-4-7-10-13-16-19-21-22-23-24-25-26-27-28-30-32-35-38-41-44-50(53)56-47-48(46-55-49(52)43-40-37-34-31-18-15-12-9-6-3)57-51(54)45-42-39-36-33-29-20-17-14-11-8-5-2/h7-8,10-11,16-17,19-20,22-23,25-26,33,36,48H,4-6,9,12-15,18,21,24,27-32,34-35,37-47H2,1-3H3/b10-7-,11-8-,19-16-,20-17-,23-22-,26-25-,36-33-. The first-order valence-electron chi connectivity index (χ1n) is 23.1. The van der Waals surface area contributed by atoms with Crippen molar-refractivity contribution in [2.45, 2.75) is 207 Å². The molecule has 0 aliphatic carbocycles. The molecule has 0 bridgehead atoms. The zero-order valence-electron chi connectivity index (χ0n) is 36.8. The van der Waals surface area contributed by atoms with Crippen molar-refractivity contribution < 1.29 is 28.6 Å². The number of esters is 3. The predicted octanol–water partition coefficient (Wildman–Crippen LogP) is 14.9. The average Bonchev–Trinajstić information content (AvgIpc) is 3.21. The minimum atomic E-state index is -0.804. The Labute approximate surface area is 350 Å². The summed E-state index contributed by atoms with van der Waals surface area (Å²) in [5.74, 6) is -0.981. The third-order valence-electron chi connectivity index (χ3n) is 9.40. The first kappa shape index (κ1) is 53.6. The predicted molar refractivity (Wildman–Crippen MR) is 242 cm³/mol. The summed E-state index contributed by atoms with van der Waals surface area (Å²) in [5.41, 5.74) is 0. The summed E-state index contributed by atoms with van der Waals surface area (Å²) >= 11 is 0. The van der Waals surface area contributed by atoms with E-state index in [-0.39, 0.29) is 37.5 Å². The largest absolute Gasteiger partial charge is 0.462 e. The van der Waals surface area contributed by atoms with E-state index in [9.17, 15) is 14.4 Å². The van der Waals surface area contributed by atoms with E-state index in [1.807, 2.05) is 0 Å². The van der Waals surface area contributed by atoms with Crippen LogP contribution in [0.1, 0.15) is 201 Å². The van der Waals surface area contributed by atoms with Gasteiger partial charge in [0.15, 0.2) is 6.10 Å². The van der Waals surface area contributed by atoms with Gasteiger partial charge in [-0.15, -0.1) is 0 Å². The van der Waals surface area contributed by atoms with Gasteiger partial charge in [0.25, 0.3) is 0 Å². The van der Waals surface area contributed by atoms with Gasteiger partial charge < -0.3 is 14.2 Å². The van der Waals surface area contributed by atoms with E-state index in [4.69, 9.17) is 14.2 Å². The number of carbonyl (C=O) groups is 3. The van der Waals surface area contributed by atoms with Gasteiger partial charge in [-0.1, -0.05) is 183 Å². The molecule has 0 radical (unpaired) electrons. The molecule has 324 valence electrons. The van der Waals surface area contributed by atoms with Crippen LogP contribution in [0.2, 0.25) is 0 Å². The summed E-state index contributed by atoms with van der Waals surface area (Å²) in [4.78, 5) is 37.7. The number of unbranched alkanes of at least 4 members (excludes halogenated alkanes) is 15. The van der Waals surface area contributed by atoms with E-state index in [2.05, 4.69) is 106 Å². The van der Waals surface area contributed by atoms with Gasteiger partial charge in [-0.25, -0.2) is 0 Å². The number of hydrogen-bond acceptors (Lipinski definition) is 6. The van der Waals surface area contributed by atoms with Crippen molar-refractivity contribution in [3.63, 3.8) is 0 Å². The molecule has 0 amide bonds. The molecule has 1 unspecified atom stereocenters. The number of hydrogen-bond donors (Lipinski definition) is 0. The fourth-order valence-corrected chi connectivity index (χ4v) is 5.98. The van der Waals surface area contributed by atoms with E-state index < -0.39 is 6.10 Å². The number of ether oxygens (including phenoxy) is 3. The van der Waals surface area contributed by atoms with Crippen molar-refractivity contribution in [1.82, 2.24) is 0 Å². The molecule has 0 spiro atoms. The van der Waals surface area contributed by atoms with Gasteiger partial charge >= 0.3 is 17.9 Å². The molecule has 0 N–H and O–H groups in total. The van der Waals surface area contributed by atoms with Crippen LogP contribution in [0.3, 0.4) is 0 Å². The summed E-state index contributed by atoms with van der Waals surface area (Å²) in [6, 6.07) is 0. The Morgan fingerprint density at radius 2 is 0.702 bits per heavy atom. The third-order valence-corrected chi connectivity index (χ3v) is 9.40. The van der Waals surface area contributed by atoms with Crippen molar-refractivity contribution in [3.05, 3.63) is 85.1 Å². The van der Waals surface area contributed by atoms with Crippen molar-refractivity contribution in [2.75, 3.05) is 13.2 Å². The minimum absolute atomic E-state index is 0.101. The summed E-state index contributed by atoms with van der Waals surface area (Å²) in [7, 11) is 0. The van der Waals surface area contributed by atoms with Crippen molar-refractivity contribution in [1.29, 1.82) is 0 Å². The molecule has 0 aromatic heterocycles. The van der Waals surface area contributed by atoms with Gasteiger partial charge in [-0.3, -0.25) is 14.4 Å². The Balaban J connectivity index is 4.39. The quantitative estimate of drug-likeness (QED) is 0.0266. The lowest BCUT2D eigenvalue weighted by Gasteiger charge is -2.18. The summed E-state index contributed by atoms with van der Waals surface area (Å²) < 4.78 is 16.6. The molecule has 0 aliphatic rings. The first-order valence-corrected chi connectivity index (χ1v) is 23.1. The highest BCUT2D eigenvalue weighted by Gasteiger charge is 2.19. The fourth-order valence-electron chi connectivity index (χ4n) is 5.98. The molecule has 6 heteroatoms. The maximum atomic E-state index is 12.7. The molecular weight excluding hydrogens is 709 g/mol. The van der Waals surface area contributed by atoms with Crippen LogP contribution >= 0.6 is 0 Å². The summed E-state index contributed by atoms with van der Waals surface area (Å²) in [5, 5.41) is 0. The second-order valence-electron chi connectivity index (χ2n) is 14.9. The Morgan fingerprint density at radius 1 is 0.368 bits per heavy atom. The topological polar surface area (TPSA) is 78.9 Å². The zero-order valence-corrected chi connectivity index (χ0v) is 36.8. The smallest absolute Gasteiger partial charge is 0.306 e. The van der Waals surface area contributed by atoms with Crippen LogP contribution < -0.4 is 0 Å². The molecule has 0 aliphatic heterocycles. The molecule has 1 atom stereocenters. The molecule has 0 saturated carbocycles. The lowest BCUT2D eigenvalue weighted by Crippen LogP contribution is -2.30. The second-order valence-corrected chi connectivity index (χ2v) is 14.9. The fraction of sp³-hybridized carbons (Fsp3) is 0.667. The average molecular weight is 793 g/mol. The zero-order chi connectivity index (χ0) is 41.5. The van der Waals surface area contributed by atoms with Gasteiger partial charge in [0.05, 0.1) is 0 Å². The number of carbonyl (C=O) groups excluding carboxylic acids is 3. The monoisotopic (exact) mass is 793 g/mol. The van der Waals surface area contributed by atoms with Crippen LogP contribution in [0.4, 0.5) is 0 Å². The van der Waals surface area contributed by atoms with Crippen LogP contribution in [0.25, 0.3) is 0 Å². The molecule has 0 heterocycles. The van der Waals surface area contributed by atoms with E-state index in [0.29, 0.717) is 19.3 Å². The molecule has 0 fully saturated rings. The van der Waals surface area contributed by atoms with Crippen molar-refractivity contribution in [2.24, 2.45) is 0 Å². The van der Waals surface area contributed by atoms with Crippen molar-refractivity contribution in [3.8, 4) is 0 Å². The SMILES string of the molecule is CC/C=C\C/C=C\C/C=C\C/C=C\CCCCCCCCC(=O)OCC(COC(=O)CCCCCCCCCCC)OC(=O)CCC/C=C\C/C=C\C/C=C\CC. The summed E-state index contributed by atoms with van der Waals surface area (Å²) in [6.45, 7) is 6.30. The first-order chi connectivity index (χ1) is 28.0. The van der Waals surface area contributed by atoms with Crippen LogP contribution in [-0.2, 0) is 28.6 Å². The Kier molecular flexibility index (Phi) is 42.6. The molecule has 57 heavy (non-hydrogen) atoms. The Hall–Kier alpha value is -3.41. The van der Waals surface area contributed by atoms with Crippen LogP contribution in [0.15, 0.2) is 85.1 Å². The lowest BCUT2D eigenvalue weighted by molar-refractivity contribution is -0.167. The highest BCUT2D eigenvalue weighted by molar-refractivity contribution is 5.71. The molecular formula is C51H84O6. The second kappa shape index (κ2) is 45.3. The molecule has 0 rings (SSSR count). The number of rotatable bonds is 40. The van der Waals surface area contributed by atoms with E-state index in [0.717, 1.165) is 103 Å². The van der Waals surface area contributed by atoms with Gasteiger partial charge in [-0.2, -0.15) is 0 Å². The lowest BCUT2D eigenvalue weighted by atomic mass is 10.1. The highest BCUT2D eigenvalue weighted by Crippen LogP contribution is 2.13. The van der Waals surface area contributed by atoms with Crippen LogP contribution in [0.5, 0.6) is 0 Å². The summed E-state index contributed by atoms with van der Waals surface area (Å²) in [6.07, 6.45) is 57.2. The van der Waals surface area contributed by atoms with E-state index in [1.54, 1.807) is 0 Å². The Bertz CT molecular complexity index is 1140.